The minimum atomic E-state index is -1.09. The summed E-state index contributed by atoms with van der Waals surface area (Å²) in [6.45, 7) is 9.55. The van der Waals surface area contributed by atoms with Gasteiger partial charge in [-0.25, -0.2) is 4.79 Å². The minimum Gasteiger partial charge on any atom is -0.468 e. The van der Waals surface area contributed by atoms with Crippen molar-refractivity contribution in [2.45, 2.75) is 46.3 Å². The number of esters is 1. The van der Waals surface area contributed by atoms with Crippen molar-refractivity contribution >= 4 is 46.0 Å². The van der Waals surface area contributed by atoms with Gasteiger partial charge in [0, 0.05) is 14.0 Å². The molecule has 1 aromatic carbocycles. The molecule has 8 nitrogen and oxygen atoms in total. The van der Waals surface area contributed by atoms with Crippen molar-refractivity contribution in [3.05, 3.63) is 51.8 Å². The molecule has 34 heavy (non-hydrogen) atoms. The third-order valence-corrected chi connectivity index (χ3v) is 5.99. The Balaban J connectivity index is 2.47. The van der Waals surface area contributed by atoms with Gasteiger partial charge in [0.15, 0.2) is 5.76 Å². The lowest BCUT2D eigenvalue weighted by molar-refractivity contribution is -0.137. The van der Waals surface area contributed by atoms with Crippen LogP contribution in [0.25, 0.3) is 11.3 Å². The molecule has 0 saturated heterocycles. The number of benzene rings is 1. The highest BCUT2D eigenvalue weighted by molar-refractivity contribution is 8.13. The van der Waals surface area contributed by atoms with E-state index in [1.165, 1.54) is 18.7 Å². The van der Waals surface area contributed by atoms with Gasteiger partial charge in [0.2, 0.25) is 6.29 Å². The van der Waals surface area contributed by atoms with Gasteiger partial charge in [-0.3, -0.25) is 9.48 Å². The maximum Gasteiger partial charge on any atom is 0.370 e. The van der Waals surface area contributed by atoms with E-state index < -0.39 is 17.6 Å². The standard InChI is InChI=1S/C24H28ClN3O5S/c1-14-20(25)21(28(6)27-14)22(32-15(2)33-23(30)34-13-19(29)31-7)18(12-26)16-8-10-17(11-9-16)24(3,4)5/h8-11,15H,13H2,1-7H3/b22-18-. The summed E-state index contributed by atoms with van der Waals surface area (Å²) in [5.41, 5.74) is 2.80. The highest BCUT2D eigenvalue weighted by Crippen LogP contribution is 2.35. The zero-order valence-corrected chi connectivity index (χ0v) is 21.8. The molecule has 1 aromatic heterocycles. The summed E-state index contributed by atoms with van der Waals surface area (Å²) >= 11 is 7.15. The quantitative estimate of drug-likeness (QED) is 0.211. The fourth-order valence-corrected chi connectivity index (χ4v) is 3.83. The van der Waals surface area contributed by atoms with Gasteiger partial charge < -0.3 is 14.2 Å². The number of carbonyl (C=O) groups excluding carboxylic acids is 2. The summed E-state index contributed by atoms with van der Waals surface area (Å²) in [6, 6.07) is 9.77. The maximum atomic E-state index is 12.1. The Labute approximate surface area is 208 Å². The summed E-state index contributed by atoms with van der Waals surface area (Å²) in [4.78, 5) is 23.4. The topological polar surface area (TPSA) is 103 Å². The van der Waals surface area contributed by atoms with Gasteiger partial charge in [-0.15, -0.1) is 0 Å². The molecular weight excluding hydrogens is 478 g/mol. The number of hydrogen-bond acceptors (Lipinski definition) is 8. The van der Waals surface area contributed by atoms with Crippen LogP contribution >= 0.6 is 23.4 Å². The molecule has 1 heterocycles. The fraction of sp³-hybridized carbons (Fsp3) is 0.417. The van der Waals surface area contributed by atoms with E-state index in [2.05, 4.69) is 36.7 Å². The van der Waals surface area contributed by atoms with E-state index in [9.17, 15) is 14.9 Å². The van der Waals surface area contributed by atoms with E-state index in [4.69, 9.17) is 21.1 Å². The number of nitrogens with zero attached hydrogens (tertiary/aromatic N) is 3. The summed E-state index contributed by atoms with van der Waals surface area (Å²) < 4.78 is 17.2. The molecule has 0 fully saturated rings. The Morgan fingerprint density at radius 1 is 1.24 bits per heavy atom. The van der Waals surface area contributed by atoms with Gasteiger partial charge in [-0.05, 0) is 35.2 Å². The number of aryl methyl sites for hydroxylation is 2. The lowest BCUT2D eigenvalue weighted by Crippen LogP contribution is -2.18. The van der Waals surface area contributed by atoms with E-state index in [1.54, 1.807) is 14.0 Å². The van der Waals surface area contributed by atoms with Crippen molar-refractivity contribution in [2.75, 3.05) is 12.9 Å². The summed E-state index contributed by atoms with van der Waals surface area (Å²) in [6.07, 6.45) is -1.09. The van der Waals surface area contributed by atoms with Crippen molar-refractivity contribution in [2.24, 2.45) is 7.05 Å². The highest BCUT2D eigenvalue weighted by Gasteiger charge is 2.25. The average Bonchev–Trinajstić information content (AvgIpc) is 3.02. The monoisotopic (exact) mass is 505 g/mol. The highest BCUT2D eigenvalue weighted by atomic mass is 35.5. The molecule has 0 bridgehead atoms. The Hall–Kier alpha value is -2.96. The molecule has 0 aliphatic carbocycles. The molecule has 0 N–H and O–H groups in total. The van der Waals surface area contributed by atoms with Crippen LogP contribution in [0.4, 0.5) is 4.79 Å². The van der Waals surface area contributed by atoms with Crippen molar-refractivity contribution in [1.82, 2.24) is 9.78 Å². The fourth-order valence-electron chi connectivity index (χ4n) is 3.03. The van der Waals surface area contributed by atoms with Crippen LogP contribution in [-0.2, 0) is 31.5 Å². The molecule has 2 rings (SSSR count). The first-order valence-corrected chi connectivity index (χ1v) is 11.8. The number of thioether (sulfide) groups is 1. The first-order valence-electron chi connectivity index (χ1n) is 10.4. The van der Waals surface area contributed by atoms with Crippen LogP contribution in [0, 0.1) is 18.3 Å². The first kappa shape index (κ1) is 27.3. The maximum absolute atomic E-state index is 12.1. The van der Waals surface area contributed by atoms with Crippen LogP contribution < -0.4 is 0 Å². The van der Waals surface area contributed by atoms with Crippen molar-refractivity contribution in [3.63, 3.8) is 0 Å². The predicted molar refractivity (Wildman–Crippen MR) is 132 cm³/mol. The van der Waals surface area contributed by atoms with Crippen LogP contribution in [-0.4, -0.2) is 40.2 Å². The number of rotatable bonds is 7. The zero-order valence-electron chi connectivity index (χ0n) is 20.3. The number of allylic oxidation sites excluding steroid dienone is 1. The van der Waals surface area contributed by atoms with Crippen molar-refractivity contribution in [1.29, 1.82) is 5.26 Å². The first-order chi connectivity index (χ1) is 15.9. The lowest BCUT2D eigenvalue weighted by atomic mass is 9.86. The summed E-state index contributed by atoms with van der Waals surface area (Å²) in [7, 11) is 2.91. The number of aromatic nitrogens is 2. The number of ether oxygens (including phenoxy) is 3. The van der Waals surface area contributed by atoms with Gasteiger partial charge >= 0.3 is 11.3 Å². The minimum absolute atomic E-state index is 0.0541. The van der Waals surface area contributed by atoms with E-state index in [1.807, 2.05) is 24.3 Å². The number of methoxy groups -OCH3 is 1. The van der Waals surface area contributed by atoms with Gasteiger partial charge in [-0.2, -0.15) is 10.4 Å². The van der Waals surface area contributed by atoms with Gasteiger partial charge in [0.05, 0.1) is 17.8 Å². The second-order valence-electron chi connectivity index (χ2n) is 8.43. The molecule has 0 aliphatic rings. The largest absolute Gasteiger partial charge is 0.468 e. The van der Waals surface area contributed by atoms with Crippen LogP contribution in [0.2, 0.25) is 5.02 Å². The van der Waals surface area contributed by atoms with E-state index >= 15 is 0 Å². The Morgan fingerprint density at radius 2 is 1.85 bits per heavy atom. The van der Waals surface area contributed by atoms with E-state index in [0.29, 0.717) is 33.7 Å². The zero-order chi connectivity index (χ0) is 25.6. The second kappa shape index (κ2) is 11.4. The van der Waals surface area contributed by atoms with Crippen LogP contribution in [0.3, 0.4) is 0 Å². The summed E-state index contributed by atoms with van der Waals surface area (Å²) in [5, 5.41) is 14.0. The van der Waals surface area contributed by atoms with Crippen LogP contribution in [0.5, 0.6) is 0 Å². The molecule has 0 radical (unpaired) electrons. The molecule has 0 saturated carbocycles. The van der Waals surface area contributed by atoms with Crippen molar-refractivity contribution < 1.29 is 23.8 Å². The third-order valence-electron chi connectivity index (χ3n) is 4.82. The van der Waals surface area contributed by atoms with Gasteiger partial charge in [0.1, 0.15) is 23.1 Å². The molecule has 0 spiro atoms. The molecule has 0 aliphatic heterocycles. The average molecular weight is 506 g/mol. The molecule has 0 amide bonds. The molecule has 182 valence electrons. The molecule has 2 aromatic rings. The molecular formula is C24H28ClN3O5S. The Morgan fingerprint density at radius 3 is 2.32 bits per heavy atom. The Bertz CT molecular complexity index is 1130. The van der Waals surface area contributed by atoms with Crippen LogP contribution in [0.15, 0.2) is 24.3 Å². The Kier molecular flexibility index (Phi) is 9.19. The molecule has 1 unspecified atom stereocenters. The normalized spacial score (nSPS) is 12.9. The number of carbonyl (C=O) groups is 2. The molecule has 1 atom stereocenters. The summed E-state index contributed by atoms with van der Waals surface area (Å²) in [5.74, 6) is -0.628. The number of hydrogen-bond donors (Lipinski definition) is 0. The van der Waals surface area contributed by atoms with Gasteiger partial charge in [-0.1, -0.05) is 56.6 Å². The van der Waals surface area contributed by atoms with Crippen molar-refractivity contribution in [3.8, 4) is 6.07 Å². The van der Waals surface area contributed by atoms with Crippen LogP contribution in [0.1, 0.15) is 50.2 Å². The van der Waals surface area contributed by atoms with E-state index in [0.717, 1.165) is 5.56 Å². The smallest absolute Gasteiger partial charge is 0.370 e. The number of halogens is 1. The lowest BCUT2D eigenvalue weighted by Gasteiger charge is -2.21. The third kappa shape index (κ3) is 6.78. The van der Waals surface area contributed by atoms with Gasteiger partial charge in [0.25, 0.3) is 0 Å². The second-order valence-corrected chi connectivity index (χ2v) is 9.72. The SMILES string of the molecule is COC(=O)CSC(=O)OC(C)O/C(=C(/C#N)c1ccc(C(C)(C)C)cc1)c1c(Cl)c(C)nn1C. The molecule has 10 heteroatoms. The predicted octanol–water partition coefficient (Wildman–Crippen LogP) is 5.48. The van der Waals surface area contributed by atoms with E-state index in [-0.39, 0.29) is 22.5 Å². The number of nitriles is 1.